The number of nitrogens with zero attached hydrogens (tertiary/aromatic N) is 1. The monoisotopic (exact) mass is 268 g/mol. The Morgan fingerprint density at radius 1 is 1.26 bits per heavy atom. The van der Waals surface area contributed by atoms with Crippen molar-refractivity contribution in [3.63, 3.8) is 0 Å². The van der Waals surface area contributed by atoms with Crippen LogP contribution in [0, 0.1) is 11.8 Å². The van der Waals surface area contributed by atoms with Crippen LogP contribution in [0.4, 0.5) is 0 Å². The largest absolute Gasteiger partial charge is 0.381 e. The normalized spacial score (nSPS) is 24.5. The highest BCUT2D eigenvalue weighted by molar-refractivity contribution is 5.79. The molecule has 1 atom stereocenters. The van der Waals surface area contributed by atoms with E-state index in [1.807, 2.05) is 4.90 Å². The number of hydrogen-bond acceptors (Lipinski definition) is 3. The molecule has 0 aliphatic carbocycles. The highest BCUT2D eigenvalue weighted by Gasteiger charge is 2.26. The molecule has 5 heteroatoms. The van der Waals surface area contributed by atoms with Crippen molar-refractivity contribution < 1.29 is 14.3 Å². The second-order valence-corrected chi connectivity index (χ2v) is 5.59. The molecule has 2 amide bonds. The van der Waals surface area contributed by atoms with Gasteiger partial charge in [0.15, 0.2) is 0 Å². The quantitative estimate of drug-likeness (QED) is 0.820. The summed E-state index contributed by atoms with van der Waals surface area (Å²) in [5.41, 5.74) is 0. The molecule has 2 heterocycles. The summed E-state index contributed by atoms with van der Waals surface area (Å²) < 4.78 is 5.31. The molecule has 0 spiro atoms. The van der Waals surface area contributed by atoms with Gasteiger partial charge in [0.25, 0.3) is 0 Å². The second-order valence-electron chi connectivity index (χ2n) is 5.59. The molecule has 0 radical (unpaired) electrons. The highest BCUT2D eigenvalue weighted by atomic mass is 16.5. The molecule has 0 bridgehead atoms. The first-order chi connectivity index (χ1) is 9.16. The molecule has 2 aliphatic rings. The van der Waals surface area contributed by atoms with Crippen LogP contribution >= 0.6 is 0 Å². The van der Waals surface area contributed by atoms with Crippen LogP contribution in [0.15, 0.2) is 0 Å². The first kappa shape index (κ1) is 14.3. The van der Waals surface area contributed by atoms with Gasteiger partial charge in [-0.25, -0.2) is 0 Å². The van der Waals surface area contributed by atoms with Crippen LogP contribution < -0.4 is 5.32 Å². The first-order valence-electron chi connectivity index (χ1n) is 7.28. The fourth-order valence-electron chi connectivity index (χ4n) is 2.81. The van der Waals surface area contributed by atoms with Crippen LogP contribution in [-0.2, 0) is 14.3 Å². The molecule has 5 nitrogen and oxygen atoms in total. The summed E-state index contributed by atoms with van der Waals surface area (Å²) in [5.74, 6) is 0.956. The lowest BCUT2D eigenvalue weighted by Gasteiger charge is -2.30. The average molecular weight is 268 g/mol. The van der Waals surface area contributed by atoms with E-state index in [9.17, 15) is 9.59 Å². The zero-order valence-electron chi connectivity index (χ0n) is 11.7. The number of nitrogens with one attached hydrogen (secondary N) is 1. The molecular formula is C14H24N2O3. The number of piperidine rings is 1. The lowest BCUT2D eigenvalue weighted by atomic mass is 9.95. The minimum atomic E-state index is 0.0791. The number of likely N-dealkylation sites (tertiary alicyclic amines) is 1. The first-order valence-corrected chi connectivity index (χ1v) is 7.28. The van der Waals surface area contributed by atoms with Crippen molar-refractivity contribution in [3.8, 4) is 0 Å². The Morgan fingerprint density at radius 3 is 2.58 bits per heavy atom. The molecule has 2 saturated heterocycles. The fraction of sp³-hybridized carbons (Fsp3) is 0.857. The van der Waals surface area contributed by atoms with Crippen LogP contribution in [0.2, 0.25) is 0 Å². The van der Waals surface area contributed by atoms with Gasteiger partial charge in [0, 0.05) is 45.7 Å². The molecule has 0 aromatic carbocycles. The number of carbonyl (C=O) groups is 2. The van der Waals surface area contributed by atoms with Gasteiger partial charge in [-0.15, -0.1) is 0 Å². The predicted molar refractivity (Wildman–Crippen MR) is 71.5 cm³/mol. The van der Waals surface area contributed by atoms with E-state index in [-0.39, 0.29) is 17.7 Å². The molecule has 108 valence electrons. The van der Waals surface area contributed by atoms with Crippen molar-refractivity contribution in [2.45, 2.75) is 32.6 Å². The molecule has 2 rings (SSSR count). The molecule has 2 fully saturated rings. The summed E-state index contributed by atoms with van der Waals surface area (Å²) in [7, 11) is 0. The zero-order chi connectivity index (χ0) is 13.7. The standard InChI is InChI=1S/C14H24N2O3/c1-11(17)16-7-3-13(4-8-16)14(18)15-6-2-12-5-9-19-10-12/h12-13H,2-10H2,1H3,(H,15,18). The van der Waals surface area contributed by atoms with E-state index in [2.05, 4.69) is 5.32 Å². The Bertz CT molecular complexity index is 319. The summed E-state index contributed by atoms with van der Waals surface area (Å²) in [4.78, 5) is 25.0. The van der Waals surface area contributed by atoms with E-state index in [0.29, 0.717) is 19.0 Å². The van der Waals surface area contributed by atoms with E-state index in [0.717, 1.165) is 45.4 Å². The summed E-state index contributed by atoms with van der Waals surface area (Å²) in [5, 5.41) is 3.03. The van der Waals surface area contributed by atoms with Gasteiger partial charge < -0.3 is 15.0 Å². The maximum Gasteiger partial charge on any atom is 0.223 e. The Balaban J connectivity index is 1.62. The summed E-state index contributed by atoms with van der Waals surface area (Å²) in [6.07, 6.45) is 3.71. The maximum absolute atomic E-state index is 12.0. The van der Waals surface area contributed by atoms with Gasteiger partial charge in [0.1, 0.15) is 0 Å². The van der Waals surface area contributed by atoms with Crippen molar-refractivity contribution >= 4 is 11.8 Å². The van der Waals surface area contributed by atoms with E-state index >= 15 is 0 Å². The number of amides is 2. The van der Waals surface area contributed by atoms with Crippen LogP contribution in [-0.4, -0.2) is 49.6 Å². The predicted octanol–water partition coefficient (Wildman–Crippen LogP) is 0.788. The summed E-state index contributed by atoms with van der Waals surface area (Å²) in [6, 6.07) is 0. The molecule has 0 aromatic rings. The lowest BCUT2D eigenvalue weighted by Crippen LogP contribution is -2.42. The van der Waals surface area contributed by atoms with Gasteiger partial charge in [0.2, 0.25) is 11.8 Å². The molecule has 19 heavy (non-hydrogen) atoms. The Kier molecular flexibility index (Phi) is 5.19. The third-order valence-corrected chi connectivity index (χ3v) is 4.19. The molecule has 1 unspecified atom stereocenters. The third kappa shape index (κ3) is 4.20. The van der Waals surface area contributed by atoms with Gasteiger partial charge in [-0.2, -0.15) is 0 Å². The Morgan fingerprint density at radius 2 is 2.00 bits per heavy atom. The van der Waals surface area contributed by atoms with Crippen LogP contribution in [0.5, 0.6) is 0 Å². The van der Waals surface area contributed by atoms with Crippen molar-refractivity contribution in [1.82, 2.24) is 10.2 Å². The highest BCUT2D eigenvalue weighted by Crippen LogP contribution is 2.18. The number of hydrogen-bond donors (Lipinski definition) is 1. The topological polar surface area (TPSA) is 58.6 Å². The SMILES string of the molecule is CC(=O)N1CCC(C(=O)NCCC2CCOC2)CC1. The van der Waals surface area contributed by atoms with Crippen LogP contribution in [0.3, 0.4) is 0 Å². The second kappa shape index (κ2) is 6.89. The smallest absolute Gasteiger partial charge is 0.223 e. The van der Waals surface area contributed by atoms with E-state index in [1.54, 1.807) is 6.92 Å². The van der Waals surface area contributed by atoms with Crippen LogP contribution in [0.1, 0.15) is 32.6 Å². The zero-order valence-corrected chi connectivity index (χ0v) is 11.7. The number of carbonyl (C=O) groups excluding carboxylic acids is 2. The Hall–Kier alpha value is -1.10. The van der Waals surface area contributed by atoms with E-state index < -0.39 is 0 Å². The van der Waals surface area contributed by atoms with Crippen molar-refractivity contribution in [2.24, 2.45) is 11.8 Å². The molecule has 0 aromatic heterocycles. The Labute approximate surface area is 114 Å². The van der Waals surface area contributed by atoms with Crippen molar-refractivity contribution in [2.75, 3.05) is 32.8 Å². The van der Waals surface area contributed by atoms with E-state index in [4.69, 9.17) is 4.74 Å². The third-order valence-electron chi connectivity index (χ3n) is 4.19. The van der Waals surface area contributed by atoms with Crippen molar-refractivity contribution in [3.05, 3.63) is 0 Å². The van der Waals surface area contributed by atoms with Gasteiger partial charge >= 0.3 is 0 Å². The molecule has 1 N–H and O–H groups in total. The summed E-state index contributed by atoms with van der Waals surface area (Å²) in [6.45, 7) is 5.46. The molecule has 2 aliphatic heterocycles. The fourth-order valence-corrected chi connectivity index (χ4v) is 2.81. The van der Waals surface area contributed by atoms with Gasteiger partial charge in [-0.3, -0.25) is 9.59 Å². The van der Waals surface area contributed by atoms with Crippen molar-refractivity contribution in [1.29, 1.82) is 0 Å². The van der Waals surface area contributed by atoms with E-state index in [1.165, 1.54) is 0 Å². The van der Waals surface area contributed by atoms with Gasteiger partial charge in [0.05, 0.1) is 0 Å². The molecular weight excluding hydrogens is 244 g/mol. The lowest BCUT2D eigenvalue weighted by molar-refractivity contribution is -0.133. The molecule has 0 saturated carbocycles. The number of ether oxygens (including phenoxy) is 1. The summed E-state index contributed by atoms with van der Waals surface area (Å²) >= 11 is 0. The van der Waals surface area contributed by atoms with Crippen LogP contribution in [0.25, 0.3) is 0 Å². The average Bonchev–Trinajstić information content (AvgIpc) is 2.92. The minimum Gasteiger partial charge on any atom is -0.381 e. The number of rotatable bonds is 4. The van der Waals surface area contributed by atoms with Gasteiger partial charge in [-0.05, 0) is 31.6 Å². The minimum absolute atomic E-state index is 0.0791. The maximum atomic E-state index is 12.0. The van der Waals surface area contributed by atoms with Gasteiger partial charge in [-0.1, -0.05) is 0 Å².